The Kier molecular flexibility index (Phi) is 5.25. The average Bonchev–Trinajstić information content (AvgIpc) is 2.77. The Morgan fingerprint density at radius 3 is 2.50 bits per heavy atom. The number of nitrogens with one attached hydrogen (secondary N) is 1. The van der Waals surface area contributed by atoms with Crippen molar-refractivity contribution in [3.63, 3.8) is 0 Å². The third-order valence-electron chi connectivity index (χ3n) is 4.71. The summed E-state index contributed by atoms with van der Waals surface area (Å²) in [6.07, 6.45) is 0. The maximum Gasteiger partial charge on any atom is 0.253 e. The lowest BCUT2D eigenvalue weighted by molar-refractivity contribution is -0.123. The summed E-state index contributed by atoms with van der Waals surface area (Å²) >= 11 is 6.16. The summed E-state index contributed by atoms with van der Waals surface area (Å²) in [5.41, 5.74) is 1.20. The van der Waals surface area contributed by atoms with Gasteiger partial charge < -0.3 is 5.32 Å². The maximum atomic E-state index is 12.6. The summed E-state index contributed by atoms with van der Waals surface area (Å²) < 4.78 is 25.7. The molecule has 0 atom stereocenters. The molecule has 1 heterocycles. The molecule has 1 aliphatic rings. The van der Waals surface area contributed by atoms with Crippen molar-refractivity contribution in [1.82, 2.24) is 5.32 Å². The van der Waals surface area contributed by atoms with Crippen molar-refractivity contribution in [2.24, 2.45) is 5.41 Å². The molecular weight excluding hydrogens is 400 g/mol. The van der Waals surface area contributed by atoms with Gasteiger partial charge in [-0.05, 0) is 50.1 Å². The second-order valence-corrected chi connectivity index (χ2v) is 9.71. The highest BCUT2D eigenvalue weighted by atomic mass is 35.5. The Morgan fingerprint density at radius 2 is 1.89 bits per heavy atom. The fourth-order valence-corrected chi connectivity index (χ4v) is 5.46. The van der Waals surface area contributed by atoms with Gasteiger partial charge in [-0.1, -0.05) is 35.9 Å². The molecule has 0 spiro atoms. The molecule has 0 bridgehead atoms. The number of halogens is 1. The number of benzene rings is 2. The van der Waals surface area contributed by atoms with Crippen LogP contribution in [-0.2, 0) is 21.4 Å². The lowest BCUT2D eigenvalue weighted by Gasteiger charge is -2.18. The zero-order valence-corrected chi connectivity index (χ0v) is 17.4. The van der Waals surface area contributed by atoms with Crippen LogP contribution in [0.4, 0.5) is 5.69 Å². The van der Waals surface area contributed by atoms with Crippen LogP contribution in [0.25, 0.3) is 0 Å². The van der Waals surface area contributed by atoms with E-state index in [4.69, 9.17) is 11.6 Å². The van der Waals surface area contributed by atoms with Gasteiger partial charge >= 0.3 is 0 Å². The van der Waals surface area contributed by atoms with E-state index in [-0.39, 0.29) is 22.0 Å². The first kappa shape index (κ1) is 20.4. The minimum atomic E-state index is -3.80. The number of rotatable bonds is 4. The van der Waals surface area contributed by atoms with Crippen LogP contribution < -0.4 is 9.62 Å². The van der Waals surface area contributed by atoms with E-state index in [1.165, 1.54) is 18.2 Å². The molecule has 2 amide bonds. The predicted molar refractivity (Wildman–Crippen MR) is 109 cm³/mol. The quantitative estimate of drug-likeness (QED) is 0.822. The first-order chi connectivity index (χ1) is 13.0. The molecule has 1 aliphatic heterocycles. The number of aryl methyl sites for hydroxylation is 1. The highest BCUT2D eigenvalue weighted by Gasteiger charge is 2.50. The molecule has 6 nitrogen and oxygen atoms in total. The summed E-state index contributed by atoms with van der Waals surface area (Å²) in [6.45, 7) is 5.41. The molecule has 148 valence electrons. The van der Waals surface area contributed by atoms with Crippen LogP contribution in [0.15, 0.2) is 42.5 Å². The molecule has 0 saturated carbocycles. The number of sulfonamides is 1. The van der Waals surface area contributed by atoms with Gasteiger partial charge in [-0.2, -0.15) is 0 Å². The number of anilines is 1. The van der Waals surface area contributed by atoms with E-state index in [9.17, 15) is 18.0 Å². The van der Waals surface area contributed by atoms with E-state index < -0.39 is 27.3 Å². The smallest absolute Gasteiger partial charge is 0.253 e. The van der Waals surface area contributed by atoms with Crippen molar-refractivity contribution >= 4 is 39.1 Å². The fraction of sp³-hybridized carbons (Fsp3) is 0.300. The van der Waals surface area contributed by atoms with Crippen molar-refractivity contribution in [2.45, 2.75) is 27.3 Å². The summed E-state index contributed by atoms with van der Waals surface area (Å²) in [4.78, 5) is 25.2. The third kappa shape index (κ3) is 3.77. The van der Waals surface area contributed by atoms with Gasteiger partial charge in [0.2, 0.25) is 15.9 Å². The molecule has 0 aromatic heterocycles. The zero-order chi connectivity index (χ0) is 20.7. The van der Waals surface area contributed by atoms with Crippen molar-refractivity contribution < 1.29 is 18.0 Å². The molecule has 1 fully saturated rings. The Morgan fingerprint density at radius 1 is 1.21 bits per heavy atom. The molecule has 2 aromatic rings. The molecule has 3 rings (SSSR count). The normalized spacial score (nSPS) is 17.6. The molecule has 1 N–H and O–H groups in total. The second kappa shape index (κ2) is 7.22. The van der Waals surface area contributed by atoms with E-state index in [1.807, 2.05) is 31.2 Å². The summed E-state index contributed by atoms with van der Waals surface area (Å²) in [5.74, 6) is -1.25. The van der Waals surface area contributed by atoms with Gasteiger partial charge in [-0.3, -0.25) is 9.59 Å². The molecule has 8 heteroatoms. The molecule has 0 unspecified atom stereocenters. The summed E-state index contributed by atoms with van der Waals surface area (Å²) in [5, 5.41) is 2.96. The maximum absolute atomic E-state index is 12.6. The average molecular weight is 421 g/mol. The molecule has 1 saturated heterocycles. The van der Waals surface area contributed by atoms with Gasteiger partial charge in [0, 0.05) is 6.54 Å². The Hall–Kier alpha value is -2.38. The predicted octanol–water partition coefficient (Wildman–Crippen LogP) is 3.28. The van der Waals surface area contributed by atoms with Crippen LogP contribution in [0.5, 0.6) is 0 Å². The van der Waals surface area contributed by atoms with E-state index in [2.05, 4.69) is 5.32 Å². The number of carbonyl (C=O) groups excluding carboxylic acids is 2. The van der Waals surface area contributed by atoms with Gasteiger partial charge in [0.05, 0.1) is 27.4 Å². The van der Waals surface area contributed by atoms with Crippen molar-refractivity contribution in [3.05, 3.63) is 64.2 Å². The van der Waals surface area contributed by atoms with Gasteiger partial charge in [0.1, 0.15) is 0 Å². The van der Waals surface area contributed by atoms with Gasteiger partial charge in [-0.25, -0.2) is 12.7 Å². The minimum Gasteiger partial charge on any atom is -0.348 e. The standard InChI is InChI=1S/C20H21ClN2O4S/c1-13-6-4-5-7-14(13)11-22-18(24)16-10-15(8-9-17(16)21)23-19(25)20(2,3)12-28(23,26)27/h4-10H,11-12H2,1-3H3,(H,22,24). The van der Waals surface area contributed by atoms with E-state index in [0.717, 1.165) is 15.4 Å². The van der Waals surface area contributed by atoms with Gasteiger partial charge in [-0.15, -0.1) is 0 Å². The number of carbonyl (C=O) groups is 2. The van der Waals surface area contributed by atoms with Crippen molar-refractivity contribution in [3.8, 4) is 0 Å². The minimum absolute atomic E-state index is 0.112. The molecule has 2 aromatic carbocycles. The van der Waals surface area contributed by atoms with E-state index in [0.29, 0.717) is 6.54 Å². The SMILES string of the molecule is Cc1ccccc1CNC(=O)c1cc(N2C(=O)C(C)(C)CS2(=O)=O)ccc1Cl. The van der Waals surface area contributed by atoms with Crippen molar-refractivity contribution in [2.75, 3.05) is 10.1 Å². The van der Waals surface area contributed by atoms with Gasteiger partial charge in [0.15, 0.2) is 0 Å². The third-order valence-corrected chi connectivity index (χ3v) is 7.06. The number of nitrogens with zero attached hydrogens (tertiary/aromatic N) is 1. The second-order valence-electron chi connectivity index (χ2n) is 7.48. The van der Waals surface area contributed by atoms with Crippen LogP contribution in [0, 0.1) is 12.3 Å². The lowest BCUT2D eigenvalue weighted by atomic mass is 9.95. The Balaban J connectivity index is 1.89. The van der Waals surface area contributed by atoms with E-state index >= 15 is 0 Å². The van der Waals surface area contributed by atoms with Crippen LogP contribution in [-0.4, -0.2) is 26.0 Å². The largest absolute Gasteiger partial charge is 0.348 e. The number of hydrogen-bond donors (Lipinski definition) is 1. The van der Waals surface area contributed by atoms with Crippen LogP contribution in [0.3, 0.4) is 0 Å². The zero-order valence-electron chi connectivity index (χ0n) is 15.8. The van der Waals surface area contributed by atoms with Gasteiger partial charge in [0.25, 0.3) is 5.91 Å². The topological polar surface area (TPSA) is 83.6 Å². The molecule has 28 heavy (non-hydrogen) atoms. The Labute approximate surface area is 169 Å². The monoisotopic (exact) mass is 420 g/mol. The van der Waals surface area contributed by atoms with Crippen LogP contribution in [0.2, 0.25) is 5.02 Å². The van der Waals surface area contributed by atoms with Crippen LogP contribution >= 0.6 is 11.6 Å². The Bertz CT molecular complexity index is 1060. The highest BCUT2D eigenvalue weighted by molar-refractivity contribution is 7.94. The van der Waals surface area contributed by atoms with Crippen molar-refractivity contribution in [1.29, 1.82) is 0 Å². The molecule has 0 radical (unpaired) electrons. The first-order valence-corrected chi connectivity index (χ1v) is 10.7. The highest BCUT2D eigenvalue weighted by Crippen LogP contribution is 2.36. The lowest BCUT2D eigenvalue weighted by Crippen LogP contribution is -2.33. The van der Waals surface area contributed by atoms with E-state index in [1.54, 1.807) is 13.8 Å². The van der Waals surface area contributed by atoms with Crippen LogP contribution in [0.1, 0.15) is 35.3 Å². The molecular formula is C20H21ClN2O4S. The summed E-state index contributed by atoms with van der Waals surface area (Å²) in [6, 6.07) is 11.8. The first-order valence-electron chi connectivity index (χ1n) is 8.73. The number of amides is 2. The molecule has 0 aliphatic carbocycles. The summed E-state index contributed by atoms with van der Waals surface area (Å²) in [7, 11) is -3.80. The number of hydrogen-bond acceptors (Lipinski definition) is 4. The fourth-order valence-electron chi connectivity index (χ4n) is 3.15.